The van der Waals surface area contributed by atoms with Crippen molar-refractivity contribution < 1.29 is 29.0 Å². The van der Waals surface area contributed by atoms with Gasteiger partial charge in [-0.3, -0.25) is 14.4 Å². The van der Waals surface area contributed by atoms with E-state index in [9.17, 15) is 19.2 Å². The molecule has 0 spiro atoms. The van der Waals surface area contributed by atoms with E-state index in [-0.39, 0.29) is 25.5 Å². The van der Waals surface area contributed by atoms with Crippen LogP contribution in [0.5, 0.6) is 0 Å². The molecule has 0 bridgehead atoms. The maximum absolute atomic E-state index is 12.7. The number of carboxylic acids is 1. The van der Waals surface area contributed by atoms with E-state index in [2.05, 4.69) is 5.32 Å². The smallest absolute Gasteiger partial charge is 0.329 e. The molecule has 2 aliphatic rings. The highest BCUT2D eigenvalue weighted by molar-refractivity contribution is 6.31. The zero-order valence-electron chi connectivity index (χ0n) is 13.6. The zero-order chi connectivity index (χ0) is 18.8. The third kappa shape index (κ3) is 3.63. The van der Waals surface area contributed by atoms with Crippen LogP contribution < -0.4 is 5.32 Å². The van der Waals surface area contributed by atoms with Crippen LogP contribution in [0.3, 0.4) is 0 Å². The van der Waals surface area contributed by atoms with Crippen molar-refractivity contribution in [3.63, 3.8) is 0 Å². The molecule has 1 saturated heterocycles. The summed E-state index contributed by atoms with van der Waals surface area (Å²) in [5.74, 6) is -2.33. The SMILES string of the molecule is O=C(O)COCC(=O)N1CCN2C(=O)c3ccc(Cl)cc3NC(=O)C2C1. The number of hydrogen-bond donors (Lipinski definition) is 2. The first-order chi connectivity index (χ1) is 12.4. The molecule has 10 heteroatoms. The third-order valence-electron chi connectivity index (χ3n) is 4.22. The van der Waals surface area contributed by atoms with Gasteiger partial charge in [-0.1, -0.05) is 11.6 Å². The molecule has 0 aliphatic carbocycles. The number of carbonyl (C=O) groups is 4. The number of nitrogens with zero attached hydrogens (tertiary/aromatic N) is 2. The fourth-order valence-corrected chi connectivity index (χ4v) is 3.14. The minimum absolute atomic E-state index is 0.00849. The number of piperazine rings is 1. The van der Waals surface area contributed by atoms with Crippen molar-refractivity contribution in [2.45, 2.75) is 6.04 Å². The minimum Gasteiger partial charge on any atom is -0.480 e. The Bertz CT molecular complexity index is 783. The Labute approximate surface area is 153 Å². The molecule has 1 aromatic rings. The van der Waals surface area contributed by atoms with Gasteiger partial charge in [0, 0.05) is 18.1 Å². The van der Waals surface area contributed by atoms with Crippen LogP contribution in [0, 0.1) is 0 Å². The van der Waals surface area contributed by atoms with Crippen molar-refractivity contribution in [3.8, 4) is 0 Å². The Balaban J connectivity index is 1.73. The van der Waals surface area contributed by atoms with E-state index in [0.29, 0.717) is 16.3 Å². The molecule has 3 rings (SSSR count). The first-order valence-electron chi connectivity index (χ1n) is 7.85. The lowest BCUT2D eigenvalue weighted by Crippen LogP contribution is -2.60. The van der Waals surface area contributed by atoms with Crippen molar-refractivity contribution in [1.29, 1.82) is 0 Å². The zero-order valence-corrected chi connectivity index (χ0v) is 14.4. The number of aliphatic carboxylic acids is 1. The average molecular weight is 382 g/mol. The molecule has 138 valence electrons. The molecule has 2 aliphatic heterocycles. The fraction of sp³-hybridized carbons (Fsp3) is 0.375. The highest BCUT2D eigenvalue weighted by Gasteiger charge is 2.40. The molecule has 9 nitrogen and oxygen atoms in total. The van der Waals surface area contributed by atoms with Crippen LogP contribution in [-0.4, -0.2) is 77.5 Å². The molecule has 3 amide bonds. The van der Waals surface area contributed by atoms with Crippen molar-refractivity contribution in [2.24, 2.45) is 0 Å². The number of halogens is 1. The molecular formula is C16H16ClN3O6. The van der Waals surface area contributed by atoms with Crippen LogP contribution in [-0.2, 0) is 19.1 Å². The monoisotopic (exact) mass is 381 g/mol. The summed E-state index contributed by atoms with van der Waals surface area (Å²) >= 11 is 5.93. The van der Waals surface area contributed by atoms with Crippen molar-refractivity contribution in [2.75, 3.05) is 38.2 Å². The van der Waals surface area contributed by atoms with E-state index < -0.39 is 37.0 Å². The lowest BCUT2D eigenvalue weighted by molar-refractivity contribution is -0.147. The number of ether oxygens (including phenoxy) is 1. The molecular weight excluding hydrogens is 366 g/mol. The molecule has 1 atom stereocenters. The van der Waals surface area contributed by atoms with Crippen molar-refractivity contribution in [1.82, 2.24) is 9.80 Å². The van der Waals surface area contributed by atoms with Crippen LogP contribution in [0.25, 0.3) is 0 Å². The Morgan fingerprint density at radius 2 is 2.04 bits per heavy atom. The highest BCUT2D eigenvalue weighted by Crippen LogP contribution is 2.28. The van der Waals surface area contributed by atoms with Crippen LogP contribution in [0.1, 0.15) is 10.4 Å². The fourth-order valence-electron chi connectivity index (χ4n) is 2.97. The van der Waals surface area contributed by atoms with Gasteiger partial charge in [0.1, 0.15) is 19.3 Å². The number of amides is 3. The third-order valence-corrected chi connectivity index (χ3v) is 4.45. The Kier molecular flexibility index (Phi) is 5.10. The van der Waals surface area contributed by atoms with Gasteiger partial charge in [-0.05, 0) is 18.2 Å². The summed E-state index contributed by atoms with van der Waals surface area (Å²) in [6, 6.07) is 3.80. The summed E-state index contributed by atoms with van der Waals surface area (Å²) in [6.45, 7) is -0.555. The van der Waals surface area contributed by atoms with Gasteiger partial charge in [0.2, 0.25) is 11.8 Å². The number of rotatable bonds is 4. The normalized spacial score (nSPS) is 19.3. The molecule has 2 heterocycles. The van der Waals surface area contributed by atoms with Gasteiger partial charge in [-0.25, -0.2) is 4.79 Å². The van der Waals surface area contributed by atoms with Gasteiger partial charge in [0.15, 0.2) is 0 Å². The topological polar surface area (TPSA) is 116 Å². The molecule has 0 aromatic heterocycles. The maximum atomic E-state index is 12.7. The lowest BCUT2D eigenvalue weighted by atomic mass is 10.1. The summed E-state index contributed by atoms with van der Waals surface area (Å²) in [6.07, 6.45) is 0. The summed E-state index contributed by atoms with van der Waals surface area (Å²) in [4.78, 5) is 50.7. The number of carboxylic acid groups (broad SMARTS) is 1. The van der Waals surface area contributed by atoms with Crippen LogP contribution in [0.15, 0.2) is 18.2 Å². The minimum atomic E-state index is -1.17. The second kappa shape index (κ2) is 7.30. The first kappa shape index (κ1) is 18.2. The predicted molar refractivity (Wildman–Crippen MR) is 89.9 cm³/mol. The lowest BCUT2D eigenvalue weighted by Gasteiger charge is -2.39. The van der Waals surface area contributed by atoms with Crippen molar-refractivity contribution in [3.05, 3.63) is 28.8 Å². The number of nitrogens with one attached hydrogen (secondary N) is 1. The number of benzene rings is 1. The second-order valence-corrected chi connectivity index (χ2v) is 6.36. The first-order valence-corrected chi connectivity index (χ1v) is 8.23. The van der Waals surface area contributed by atoms with Crippen LogP contribution >= 0.6 is 11.6 Å². The number of fused-ring (bicyclic) bond motifs is 2. The average Bonchev–Trinajstić information content (AvgIpc) is 2.69. The van der Waals surface area contributed by atoms with Crippen LogP contribution in [0.4, 0.5) is 5.69 Å². The van der Waals surface area contributed by atoms with Crippen LogP contribution in [0.2, 0.25) is 5.02 Å². The quantitative estimate of drug-likeness (QED) is 0.761. The number of carbonyl (C=O) groups excluding carboxylic acids is 3. The van der Waals surface area contributed by atoms with Gasteiger partial charge < -0.3 is 25.0 Å². The van der Waals surface area contributed by atoms with Gasteiger partial charge in [0.05, 0.1) is 17.8 Å². The summed E-state index contributed by atoms with van der Waals surface area (Å²) in [5, 5.41) is 11.6. The molecule has 0 saturated carbocycles. The van der Waals surface area contributed by atoms with E-state index in [4.69, 9.17) is 21.4 Å². The van der Waals surface area contributed by atoms with E-state index in [0.717, 1.165) is 0 Å². The largest absolute Gasteiger partial charge is 0.480 e. The Hall–Kier alpha value is -2.65. The molecule has 1 fully saturated rings. The standard InChI is InChI=1S/C16H16ClN3O6/c17-9-1-2-10-11(5-9)18-15(24)12-6-19(3-4-20(12)16(10)25)13(21)7-26-8-14(22)23/h1-2,5,12H,3-4,6-8H2,(H,18,24)(H,22,23). The molecule has 1 unspecified atom stereocenters. The summed E-state index contributed by atoms with van der Waals surface area (Å²) in [7, 11) is 0. The second-order valence-electron chi connectivity index (χ2n) is 5.92. The van der Waals surface area contributed by atoms with Gasteiger partial charge in [-0.2, -0.15) is 0 Å². The molecule has 1 aromatic carbocycles. The summed E-state index contributed by atoms with van der Waals surface area (Å²) in [5.41, 5.74) is 0.680. The molecule has 26 heavy (non-hydrogen) atoms. The number of anilines is 1. The van der Waals surface area contributed by atoms with E-state index in [1.54, 1.807) is 12.1 Å². The van der Waals surface area contributed by atoms with Gasteiger partial charge in [0.25, 0.3) is 5.91 Å². The van der Waals surface area contributed by atoms with Crippen molar-refractivity contribution >= 4 is 41.0 Å². The van der Waals surface area contributed by atoms with Gasteiger partial charge in [-0.15, -0.1) is 0 Å². The van der Waals surface area contributed by atoms with E-state index in [1.165, 1.54) is 15.9 Å². The maximum Gasteiger partial charge on any atom is 0.329 e. The van der Waals surface area contributed by atoms with E-state index in [1.807, 2.05) is 0 Å². The molecule has 0 radical (unpaired) electrons. The van der Waals surface area contributed by atoms with E-state index >= 15 is 0 Å². The predicted octanol–water partition coefficient (Wildman–Crippen LogP) is 0.0463. The van der Waals surface area contributed by atoms with Gasteiger partial charge >= 0.3 is 5.97 Å². The Morgan fingerprint density at radius 1 is 1.27 bits per heavy atom. The number of hydrogen-bond acceptors (Lipinski definition) is 5. The molecule has 2 N–H and O–H groups in total. The highest BCUT2D eigenvalue weighted by atomic mass is 35.5. The Morgan fingerprint density at radius 3 is 2.77 bits per heavy atom. The summed E-state index contributed by atoms with van der Waals surface area (Å²) < 4.78 is 4.80.